The summed E-state index contributed by atoms with van der Waals surface area (Å²) in [5, 5.41) is 3.30. The minimum Gasteiger partial charge on any atom is -0.398 e. The summed E-state index contributed by atoms with van der Waals surface area (Å²) in [4.78, 5) is 4.15. The Kier molecular flexibility index (Phi) is 3.95. The molecule has 1 aromatic heterocycles. The molecule has 3 heteroatoms. The van der Waals surface area contributed by atoms with Crippen LogP contribution in [0.2, 0.25) is 0 Å². The monoisotopic (exact) mass is 241 g/mol. The maximum absolute atomic E-state index is 5.99. The molecule has 2 rings (SSSR count). The van der Waals surface area contributed by atoms with Gasteiger partial charge < -0.3 is 11.1 Å². The molecule has 0 amide bonds. The summed E-state index contributed by atoms with van der Waals surface area (Å²) in [6, 6.07) is 10.6. The van der Waals surface area contributed by atoms with Gasteiger partial charge in [-0.15, -0.1) is 0 Å². The number of rotatable bonds is 4. The van der Waals surface area contributed by atoms with Crippen LogP contribution in [-0.2, 0) is 6.42 Å². The average molecular weight is 241 g/mol. The molecule has 0 saturated heterocycles. The van der Waals surface area contributed by atoms with Crippen molar-refractivity contribution in [1.82, 2.24) is 10.3 Å². The molecule has 0 fully saturated rings. The first-order valence-corrected chi connectivity index (χ1v) is 6.13. The van der Waals surface area contributed by atoms with Crippen LogP contribution in [-0.4, -0.2) is 12.0 Å². The molecule has 2 aromatic rings. The predicted molar refractivity (Wildman–Crippen MR) is 75.3 cm³/mol. The molecule has 18 heavy (non-hydrogen) atoms. The SMILES string of the molecule is CNC(Cc1ccc(C)cc1)c1cnccc1N. The summed E-state index contributed by atoms with van der Waals surface area (Å²) < 4.78 is 0. The molecule has 0 spiro atoms. The number of aryl methyl sites for hydroxylation is 1. The number of nitrogens with one attached hydrogen (secondary N) is 1. The highest BCUT2D eigenvalue weighted by molar-refractivity contribution is 5.46. The molecule has 0 aliphatic rings. The first-order chi connectivity index (χ1) is 8.70. The summed E-state index contributed by atoms with van der Waals surface area (Å²) in [7, 11) is 1.95. The number of likely N-dealkylation sites (N-methyl/N-ethyl adjacent to an activating group) is 1. The van der Waals surface area contributed by atoms with Gasteiger partial charge in [0.1, 0.15) is 0 Å². The third-order valence-electron chi connectivity index (χ3n) is 3.17. The van der Waals surface area contributed by atoms with Gasteiger partial charge in [0.15, 0.2) is 0 Å². The second-order valence-corrected chi connectivity index (χ2v) is 4.54. The highest BCUT2D eigenvalue weighted by atomic mass is 14.9. The van der Waals surface area contributed by atoms with E-state index in [1.807, 2.05) is 19.3 Å². The van der Waals surface area contributed by atoms with Crippen molar-refractivity contribution >= 4 is 5.69 Å². The fourth-order valence-electron chi connectivity index (χ4n) is 2.04. The zero-order valence-electron chi connectivity index (χ0n) is 10.9. The van der Waals surface area contributed by atoms with Crippen molar-refractivity contribution in [3.8, 4) is 0 Å². The highest BCUT2D eigenvalue weighted by Crippen LogP contribution is 2.22. The molecule has 3 N–H and O–H groups in total. The molecule has 0 bridgehead atoms. The lowest BCUT2D eigenvalue weighted by Crippen LogP contribution is -2.20. The number of aromatic nitrogens is 1. The zero-order chi connectivity index (χ0) is 13.0. The van der Waals surface area contributed by atoms with Crippen LogP contribution >= 0.6 is 0 Å². The summed E-state index contributed by atoms with van der Waals surface area (Å²) in [6.07, 6.45) is 4.47. The molecule has 0 radical (unpaired) electrons. The second kappa shape index (κ2) is 5.65. The molecule has 1 heterocycles. The number of hydrogen-bond donors (Lipinski definition) is 2. The quantitative estimate of drug-likeness (QED) is 0.864. The van der Waals surface area contributed by atoms with Crippen LogP contribution in [0, 0.1) is 6.92 Å². The van der Waals surface area contributed by atoms with Crippen molar-refractivity contribution in [3.63, 3.8) is 0 Å². The molecule has 1 unspecified atom stereocenters. The predicted octanol–water partition coefficient (Wildman–Crippen LogP) is 2.48. The fraction of sp³-hybridized carbons (Fsp3) is 0.267. The minimum absolute atomic E-state index is 0.196. The zero-order valence-corrected chi connectivity index (χ0v) is 10.9. The Balaban J connectivity index is 2.20. The molecule has 1 atom stereocenters. The van der Waals surface area contributed by atoms with E-state index in [1.54, 1.807) is 6.20 Å². The van der Waals surface area contributed by atoms with E-state index < -0.39 is 0 Å². The van der Waals surface area contributed by atoms with Crippen molar-refractivity contribution in [3.05, 3.63) is 59.4 Å². The van der Waals surface area contributed by atoms with Crippen LogP contribution in [0.1, 0.15) is 22.7 Å². The normalized spacial score (nSPS) is 12.3. The van der Waals surface area contributed by atoms with Gasteiger partial charge in [0.25, 0.3) is 0 Å². The van der Waals surface area contributed by atoms with Crippen LogP contribution in [0.15, 0.2) is 42.7 Å². The number of nitrogens with zero attached hydrogens (tertiary/aromatic N) is 1. The van der Waals surface area contributed by atoms with Gasteiger partial charge in [-0.1, -0.05) is 29.8 Å². The number of pyridine rings is 1. The molecule has 0 aliphatic heterocycles. The topological polar surface area (TPSA) is 50.9 Å². The largest absolute Gasteiger partial charge is 0.398 e. The third-order valence-corrected chi connectivity index (χ3v) is 3.17. The average Bonchev–Trinajstić information content (AvgIpc) is 2.39. The maximum atomic E-state index is 5.99. The van der Waals surface area contributed by atoms with Gasteiger partial charge in [-0.2, -0.15) is 0 Å². The first kappa shape index (κ1) is 12.6. The summed E-state index contributed by atoms with van der Waals surface area (Å²) in [5.74, 6) is 0. The van der Waals surface area contributed by atoms with E-state index in [0.717, 1.165) is 17.7 Å². The molecular weight excluding hydrogens is 222 g/mol. The van der Waals surface area contributed by atoms with Gasteiger partial charge in [-0.3, -0.25) is 4.98 Å². The second-order valence-electron chi connectivity index (χ2n) is 4.54. The molecule has 0 aliphatic carbocycles. The van der Waals surface area contributed by atoms with E-state index in [4.69, 9.17) is 5.73 Å². The third kappa shape index (κ3) is 2.87. The van der Waals surface area contributed by atoms with E-state index in [9.17, 15) is 0 Å². The van der Waals surface area contributed by atoms with E-state index in [2.05, 4.69) is 41.5 Å². The summed E-state index contributed by atoms with van der Waals surface area (Å²) >= 11 is 0. The van der Waals surface area contributed by atoms with Gasteiger partial charge >= 0.3 is 0 Å². The highest BCUT2D eigenvalue weighted by Gasteiger charge is 2.12. The molecule has 94 valence electrons. The van der Waals surface area contributed by atoms with Crippen LogP contribution in [0.4, 0.5) is 5.69 Å². The molecule has 1 aromatic carbocycles. The van der Waals surface area contributed by atoms with E-state index >= 15 is 0 Å². The molecular formula is C15H19N3. The van der Waals surface area contributed by atoms with Crippen LogP contribution in [0.5, 0.6) is 0 Å². The lowest BCUT2D eigenvalue weighted by molar-refractivity contribution is 0.592. The summed E-state index contributed by atoms with van der Waals surface area (Å²) in [6.45, 7) is 2.10. The first-order valence-electron chi connectivity index (χ1n) is 6.13. The Morgan fingerprint density at radius 2 is 1.94 bits per heavy atom. The van der Waals surface area contributed by atoms with Gasteiger partial charge in [0.2, 0.25) is 0 Å². The number of nitrogens with two attached hydrogens (primary N) is 1. The minimum atomic E-state index is 0.196. The summed E-state index contributed by atoms with van der Waals surface area (Å²) in [5.41, 5.74) is 10.4. The Labute approximate surface area is 108 Å². The van der Waals surface area contributed by atoms with Gasteiger partial charge in [0, 0.05) is 29.7 Å². The Bertz CT molecular complexity index is 505. The van der Waals surface area contributed by atoms with Crippen molar-refractivity contribution in [1.29, 1.82) is 0 Å². The lowest BCUT2D eigenvalue weighted by atomic mass is 9.98. The Morgan fingerprint density at radius 3 is 2.56 bits per heavy atom. The van der Waals surface area contributed by atoms with Gasteiger partial charge in [-0.05, 0) is 32.0 Å². The lowest BCUT2D eigenvalue weighted by Gasteiger charge is -2.18. The van der Waals surface area contributed by atoms with Crippen LogP contribution in [0.25, 0.3) is 0 Å². The fourth-order valence-corrected chi connectivity index (χ4v) is 2.04. The van der Waals surface area contributed by atoms with E-state index in [0.29, 0.717) is 0 Å². The number of nitrogen functional groups attached to an aromatic ring is 1. The van der Waals surface area contributed by atoms with Crippen molar-refractivity contribution in [2.45, 2.75) is 19.4 Å². The Hall–Kier alpha value is -1.87. The Morgan fingerprint density at radius 1 is 1.22 bits per heavy atom. The van der Waals surface area contributed by atoms with Crippen molar-refractivity contribution in [2.24, 2.45) is 0 Å². The van der Waals surface area contributed by atoms with Gasteiger partial charge in [0.05, 0.1) is 0 Å². The van der Waals surface area contributed by atoms with E-state index in [-0.39, 0.29) is 6.04 Å². The van der Waals surface area contributed by atoms with Crippen molar-refractivity contribution < 1.29 is 0 Å². The number of hydrogen-bond acceptors (Lipinski definition) is 3. The molecule has 3 nitrogen and oxygen atoms in total. The van der Waals surface area contributed by atoms with Crippen LogP contribution < -0.4 is 11.1 Å². The van der Waals surface area contributed by atoms with Gasteiger partial charge in [-0.25, -0.2) is 0 Å². The number of benzene rings is 1. The van der Waals surface area contributed by atoms with Crippen LogP contribution in [0.3, 0.4) is 0 Å². The molecule has 0 saturated carbocycles. The van der Waals surface area contributed by atoms with Crippen molar-refractivity contribution in [2.75, 3.05) is 12.8 Å². The standard InChI is InChI=1S/C15H19N3/c1-11-3-5-12(6-4-11)9-15(17-2)13-10-18-8-7-14(13)16/h3-8,10,15,17H,9H2,1-2H3,(H2,16,18). The number of anilines is 1. The van der Waals surface area contributed by atoms with E-state index in [1.165, 1.54) is 11.1 Å². The smallest absolute Gasteiger partial charge is 0.0394 e. The maximum Gasteiger partial charge on any atom is 0.0394 e.